The first kappa shape index (κ1) is 11.5. The Bertz CT molecular complexity index is 541. The van der Waals surface area contributed by atoms with Crippen LogP contribution in [-0.2, 0) is 0 Å². The number of carbonyl (C=O) groups excluding carboxylic acids is 1. The highest BCUT2D eigenvalue weighted by Gasteiger charge is 2.10. The summed E-state index contributed by atoms with van der Waals surface area (Å²) in [5.41, 5.74) is 5.93. The van der Waals surface area contributed by atoms with Crippen LogP contribution in [0.1, 0.15) is 10.4 Å². The van der Waals surface area contributed by atoms with Gasteiger partial charge in [-0.1, -0.05) is 0 Å². The number of nitrogens with one attached hydrogen (secondary N) is 1. The molecule has 2 heterocycles. The van der Waals surface area contributed by atoms with Gasteiger partial charge >= 0.3 is 0 Å². The van der Waals surface area contributed by atoms with Gasteiger partial charge in [0.25, 0.3) is 5.91 Å². The monoisotopic (exact) mass is 292 g/mol. The van der Waals surface area contributed by atoms with E-state index in [9.17, 15) is 4.79 Å². The fourth-order valence-corrected chi connectivity index (χ4v) is 1.48. The number of nitrogens with zero attached hydrogens (tertiary/aromatic N) is 2. The summed E-state index contributed by atoms with van der Waals surface area (Å²) in [5.74, 6) is 0.328. The van der Waals surface area contributed by atoms with Crippen LogP contribution in [-0.4, -0.2) is 15.9 Å². The topological polar surface area (TPSA) is 80.9 Å². The van der Waals surface area contributed by atoms with E-state index in [1.807, 2.05) is 0 Å². The van der Waals surface area contributed by atoms with Crippen molar-refractivity contribution in [1.29, 1.82) is 0 Å². The molecule has 0 aliphatic heterocycles. The largest absolute Gasteiger partial charge is 0.383 e. The Labute approximate surface area is 106 Å². The van der Waals surface area contributed by atoms with Crippen molar-refractivity contribution in [3.63, 3.8) is 0 Å². The average Bonchev–Trinajstić information content (AvgIpc) is 2.32. The number of carbonyl (C=O) groups is 1. The van der Waals surface area contributed by atoms with E-state index in [0.29, 0.717) is 11.4 Å². The Morgan fingerprint density at radius 1 is 1.29 bits per heavy atom. The summed E-state index contributed by atoms with van der Waals surface area (Å²) in [4.78, 5) is 19.7. The van der Waals surface area contributed by atoms with Crippen LogP contribution in [0.15, 0.2) is 41.1 Å². The molecule has 3 N–H and O–H groups in total. The number of nitrogens with two attached hydrogens (primary N) is 1. The Hall–Kier alpha value is -1.95. The van der Waals surface area contributed by atoms with Gasteiger partial charge in [-0.2, -0.15) is 0 Å². The molecule has 0 aromatic carbocycles. The first-order chi connectivity index (χ1) is 8.16. The molecule has 0 aliphatic rings. The lowest BCUT2D eigenvalue weighted by atomic mass is 10.2. The minimum atomic E-state index is -0.328. The fraction of sp³-hybridized carbons (Fsp3) is 0. The lowest BCUT2D eigenvalue weighted by Crippen LogP contribution is -2.15. The molecule has 0 spiro atoms. The van der Waals surface area contributed by atoms with Crippen LogP contribution in [0.3, 0.4) is 0 Å². The molecular formula is C11H9BrN4O. The van der Waals surface area contributed by atoms with E-state index >= 15 is 0 Å². The van der Waals surface area contributed by atoms with Gasteiger partial charge in [0.1, 0.15) is 11.6 Å². The number of aromatic nitrogens is 2. The summed E-state index contributed by atoms with van der Waals surface area (Å²) in [6.07, 6.45) is 3.13. The van der Waals surface area contributed by atoms with E-state index in [1.165, 1.54) is 6.20 Å². The summed E-state index contributed by atoms with van der Waals surface area (Å²) in [6, 6.07) is 6.74. The average molecular weight is 293 g/mol. The van der Waals surface area contributed by atoms with E-state index in [2.05, 4.69) is 31.2 Å². The second-order valence-corrected chi connectivity index (χ2v) is 4.17. The van der Waals surface area contributed by atoms with Gasteiger partial charge in [-0.05, 0) is 40.2 Å². The molecular weight excluding hydrogens is 284 g/mol. The van der Waals surface area contributed by atoms with Crippen LogP contribution in [0.2, 0.25) is 0 Å². The van der Waals surface area contributed by atoms with Crippen molar-refractivity contribution in [3.05, 3.63) is 46.7 Å². The van der Waals surface area contributed by atoms with Crippen molar-refractivity contribution in [2.45, 2.75) is 0 Å². The van der Waals surface area contributed by atoms with E-state index < -0.39 is 0 Å². The fourth-order valence-electron chi connectivity index (χ4n) is 1.24. The van der Waals surface area contributed by atoms with Crippen LogP contribution in [0, 0.1) is 0 Å². The number of amides is 1. The van der Waals surface area contributed by atoms with Crippen molar-refractivity contribution in [2.24, 2.45) is 0 Å². The molecule has 0 unspecified atom stereocenters. The molecule has 0 atom stereocenters. The lowest BCUT2D eigenvalue weighted by Gasteiger charge is -2.05. The minimum Gasteiger partial charge on any atom is -0.383 e. The maximum absolute atomic E-state index is 11.8. The first-order valence-electron chi connectivity index (χ1n) is 4.80. The number of hydrogen-bond donors (Lipinski definition) is 2. The summed E-state index contributed by atoms with van der Waals surface area (Å²) in [6.45, 7) is 0. The molecule has 17 heavy (non-hydrogen) atoms. The first-order valence-corrected chi connectivity index (χ1v) is 5.59. The number of halogens is 1. The zero-order valence-electron chi connectivity index (χ0n) is 8.72. The van der Waals surface area contributed by atoms with Gasteiger partial charge in [-0.3, -0.25) is 4.79 Å². The second-order valence-electron chi connectivity index (χ2n) is 3.25. The number of nitrogen functional groups attached to an aromatic ring is 1. The van der Waals surface area contributed by atoms with Crippen LogP contribution < -0.4 is 11.1 Å². The van der Waals surface area contributed by atoms with Gasteiger partial charge in [0.2, 0.25) is 0 Å². The third-order valence-electron chi connectivity index (χ3n) is 2.05. The molecule has 86 valence electrons. The maximum atomic E-state index is 11.8. The Morgan fingerprint density at radius 2 is 2.12 bits per heavy atom. The maximum Gasteiger partial charge on any atom is 0.260 e. The number of anilines is 2. The Morgan fingerprint density at radius 3 is 2.76 bits per heavy atom. The predicted octanol–water partition coefficient (Wildman–Crippen LogP) is 2.07. The molecule has 0 saturated heterocycles. The third kappa shape index (κ3) is 2.79. The number of pyridine rings is 2. The predicted molar refractivity (Wildman–Crippen MR) is 68.5 cm³/mol. The highest BCUT2D eigenvalue weighted by molar-refractivity contribution is 9.10. The van der Waals surface area contributed by atoms with Gasteiger partial charge in [0.05, 0.1) is 5.56 Å². The van der Waals surface area contributed by atoms with E-state index in [-0.39, 0.29) is 11.7 Å². The SMILES string of the molecule is Nc1ncccc1C(=O)Nc1ccc(Br)cn1. The molecule has 1 amide bonds. The van der Waals surface area contributed by atoms with Crippen LogP contribution >= 0.6 is 15.9 Å². The van der Waals surface area contributed by atoms with Gasteiger partial charge in [-0.25, -0.2) is 9.97 Å². The van der Waals surface area contributed by atoms with Gasteiger partial charge in [-0.15, -0.1) is 0 Å². The Kier molecular flexibility index (Phi) is 3.34. The van der Waals surface area contributed by atoms with Gasteiger partial charge < -0.3 is 11.1 Å². The highest BCUT2D eigenvalue weighted by Crippen LogP contribution is 2.13. The standard InChI is InChI=1S/C11H9BrN4O/c12-7-3-4-9(15-6-7)16-11(17)8-2-1-5-14-10(8)13/h1-6H,(H2,13,14)(H,15,16,17). The van der Waals surface area contributed by atoms with Crippen molar-refractivity contribution in [3.8, 4) is 0 Å². The molecule has 2 aromatic rings. The quantitative estimate of drug-likeness (QED) is 0.888. The molecule has 2 aromatic heterocycles. The number of rotatable bonds is 2. The van der Waals surface area contributed by atoms with Crippen molar-refractivity contribution >= 4 is 33.5 Å². The minimum absolute atomic E-state index is 0.196. The van der Waals surface area contributed by atoms with Gasteiger partial charge in [0, 0.05) is 16.9 Å². The zero-order valence-corrected chi connectivity index (χ0v) is 10.3. The molecule has 2 rings (SSSR count). The Balaban J connectivity index is 2.17. The van der Waals surface area contributed by atoms with Crippen molar-refractivity contribution in [2.75, 3.05) is 11.1 Å². The zero-order chi connectivity index (χ0) is 12.3. The van der Waals surface area contributed by atoms with E-state index in [1.54, 1.807) is 30.5 Å². The summed E-state index contributed by atoms with van der Waals surface area (Å²) in [7, 11) is 0. The van der Waals surface area contributed by atoms with Crippen molar-refractivity contribution in [1.82, 2.24) is 9.97 Å². The van der Waals surface area contributed by atoms with Crippen molar-refractivity contribution < 1.29 is 4.79 Å². The molecule has 5 nitrogen and oxygen atoms in total. The number of hydrogen-bond acceptors (Lipinski definition) is 4. The highest BCUT2D eigenvalue weighted by atomic mass is 79.9. The smallest absolute Gasteiger partial charge is 0.260 e. The van der Waals surface area contributed by atoms with Crippen LogP contribution in [0.4, 0.5) is 11.6 Å². The summed E-state index contributed by atoms with van der Waals surface area (Å²) < 4.78 is 0.844. The third-order valence-corrected chi connectivity index (χ3v) is 2.52. The summed E-state index contributed by atoms with van der Waals surface area (Å²) >= 11 is 3.26. The molecule has 0 bridgehead atoms. The van der Waals surface area contributed by atoms with E-state index in [0.717, 1.165) is 4.47 Å². The summed E-state index contributed by atoms with van der Waals surface area (Å²) in [5, 5.41) is 2.64. The molecule has 0 aliphatic carbocycles. The van der Waals surface area contributed by atoms with Crippen LogP contribution in [0.5, 0.6) is 0 Å². The van der Waals surface area contributed by atoms with Crippen LogP contribution in [0.25, 0.3) is 0 Å². The van der Waals surface area contributed by atoms with E-state index in [4.69, 9.17) is 5.73 Å². The molecule has 0 saturated carbocycles. The normalized spacial score (nSPS) is 9.94. The second kappa shape index (κ2) is 4.92. The lowest BCUT2D eigenvalue weighted by molar-refractivity contribution is 0.102. The molecule has 0 radical (unpaired) electrons. The molecule has 6 heteroatoms. The molecule has 0 fully saturated rings. The van der Waals surface area contributed by atoms with Gasteiger partial charge in [0.15, 0.2) is 0 Å².